The van der Waals surface area contributed by atoms with Gasteiger partial charge < -0.3 is 16.0 Å². The molecule has 4 atom stereocenters. The first-order valence-corrected chi connectivity index (χ1v) is 9.51. The summed E-state index contributed by atoms with van der Waals surface area (Å²) < 4.78 is 0. The Kier molecular flexibility index (Phi) is 5.88. The average molecular weight is 378 g/mol. The maximum Gasteiger partial charge on any atom is 0.224 e. The van der Waals surface area contributed by atoms with E-state index in [2.05, 4.69) is 17.4 Å². The lowest BCUT2D eigenvalue weighted by Gasteiger charge is -2.27. The van der Waals surface area contributed by atoms with Crippen LogP contribution in [0.25, 0.3) is 0 Å². The van der Waals surface area contributed by atoms with Crippen LogP contribution in [-0.4, -0.2) is 29.3 Å². The molecule has 0 aromatic heterocycles. The first kappa shape index (κ1) is 19.2. The molecule has 1 heterocycles. The lowest BCUT2D eigenvalue weighted by molar-refractivity contribution is -0.132. The maximum atomic E-state index is 12.4. The monoisotopic (exact) mass is 377 g/mol. The van der Waals surface area contributed by atoms with E-state index in [0.717, 1.165) is 12.8 Å². The molecular weight excluding hydrogens is 350 g/mol. The van der Waals surface area contributed by atoms with Crippen LogP contribution in [0.5, 0.6) is 0 Å². The number of carbonyl (C=O) groups is 2. The van der Waals surface area contributed by atoms with Crippen molar-refractivity contribution >= 4 is 24.2 Å². The zero-order chi connectivity index (χ0) is 17.4. The second-order valence-electron chi connectivity index (χ2n) is 7.85. The molecule has 5 nitrogen and oxygen atoms in total. The SMILES string of the molecule is Cl.NC1C2CCC(C2)C1C(=O)NCCCC(=O)N1Cc2ccccc2C1. The second kappa shape index (κ2) is 7.97. The van der Waals surface area contributed by atoms with Gasteiger partial charge in [-0.3, -0.25) is 9.59 Å². The molecule has 1 aliphatic heterocycles. The molecule has 26 heavy (non-hydrogen) atoms. The first-order chi connectivity index (χ1) is 12.1. The first-order valence-electron chi connectivity index (χ1n) is 9.51. The Morgan fingerprint density at radius 3 is 2.38 bits per heavy atom. The number of amides is 2. The van der Waals surface area contributed by atoms with E-state index in [-0.39, 0.29) is 36.2 Å². The molecule has 2 bridgehead atoms. The lowest BCUT2D eigenvalue weighted by Crippen LogP contribution is -2.45. The van der Waals surface area contributed by atoms with Crippen LogP contribution in [0, 0.1) is 17.8 Å². The third-order valence-electron chi connectivity index (χ3n) is 6.34. The van der Waals surface area contributed by atoms with Crippen LogP contribution in [0.1, 0.15) is 43.2 Å². The third kappa shape index (κ3) is 3.60. The van der Waals surface area contributed by atoms with E-state index in [1.807, 2.05) is 17.0 Å². The molecule has 1 aromatic rings. The fourth-order valence-electron chi connectivity index (χ4n) is 4.96. The van der Waals surface area contributed by atoms with Crippen molar-refractivity contribution in [3.8, 4) is 0 Å². The molecule has 3 aliphatic rings. The Morgan fingerprint density at radius 1 is 1.12 bits per heavy atom. The molecule has 0 spiro atoms. The summed E-state index contributed by atoms with van der Waals surface area (Å²) >= 11 is 0. The van der Waals surface area contributed by atoms with Crippen LogP contribution in [0.15, 0.2) is 24.3 Å². The number of nitrogens with zero attached hydrogens (tertiary/aromatic N) is 1. The number of nitrogens with one attached hydrogen (secondary N) is 1. The minimum absolute atomic E-state index is 0. The van der Waals surface area contributed by atoms with Gasteiger partial charge in [-0.2, -0.15) is 0 Å². The summed E-state index contributed by atoms with van der Waals surface area (Å²) in [7, 11) is 0. The highest BCUT2D eigenvalue weighted by Crippen LogP contribution is 2.47. The molecule has 1 aromatic carbocycles. The van der Waals surface area contributed by atoms with Crippen molar-refractivity contribution in [2.24, 2.45) is 23.5 Å². The predicted molar refractivity (Wildman–Crippen MR) is 102 cm³/mol. The molecule has 2 amide bonds. The standard InChI is InChI=1S/C20H27N3O2.ClH/c21-19-14-8-7-13(10-14)18(19)20(25)22-9-3-6-17(24)23-11-15-4-1-2-5-16(15)12-23;/h1-2,4-5,13-14,18-19H,3,6-12,21H2,(H,22,25);1H. The van der Waals surface area contributed by atoms with E-state index < -0.39 is 0 Å². The van der Waals surface area contributed by atoms with Gasteiger partial charge in [-0.25, -0.2) is 0 Å². The van der Waals surface area contributed by atoms with Gasteiger partial charge in [-0.15, -0.1) is 12.4 Å². The summed E-state index contributed by atoms with van der Waals surface area (Å²) in [4.78, 5) is 26.7. The number of benzene rings is 1. The van der Waals surface area contributed by atoms with Gasteiger partial charge in [0, 0.05) is 32.1 Å². The maximum absolute atomic E-state index is 12.4. The van der Waals surface area contributed by atoms with Crippen LogP contribution >= 0.6 is 12.4 Å². The van der Waals surface area contributed by atoms with Gasteiger partial charge in [0.1, 0.15) is 0 Å². The second-order valence-corrected chi connectivity index (χ2v) is 7.85. The minimum Gasteiger partial charge on any atom is -0.356 e. The highest BCUT2D eigenvalue weighted by Gasteiger charge is 2.48. The fraction of sp³-hybridized carbons (Fsp3) is 0.600. The molecular formula is C20H28ClN3O2. The summed E-state index contributed by atoms with van der Waals surface area (Å²) in [5, 5.41) is 3.01. The molecule has 2 aliphatic carbocycles. The van der Waals surface area contributed by atoms with Gasteiger partial charge in [0.2, 0.25) is 11.8 Å². The van der Waals surface area contributed by atoms with Gasteiger partial charge in [0.05, 0.1) is 5.92 Å². The topological polar surface area (TPSA) is 75.4 Å². The van der Waals surface area contributed by atoms with Crippen molar-refractivity contribution in [3.63, 3.8) is 0 Å². The summed E-state index contributed by atoms with van der Waals surface area (Å²) in [6.07, 6.45) is 4.62. The molecule has 4 unspecified atom stereocenters. The Balaban J connectivity index is 0.00000196. The van der Waals surface area contributed by atoms with E-state index >= 15 is 0 Å². The van der Waals surface area contributed by atoms with Crippen molar-refractivity contribution in [2.75, 3.05) is 6.54 Å². The molecule has 142 valence electrons. The molecule has 6 heteroatoms. The number of rotatable bonds is 5. The molecule has 3 N–H and O–H groups in total. The van der Waals surface area contributed by atoms with Gasteiger partial charge in [-0.1, -0.05) is 24.3 Å². The van der Waals surface area contributed by atoms with Crippen molar-refractivity contribution in [1.82, 2.24) is 10.2 Å². The van der Waals surface area contributed by atoms with E-state index in [1.165, 1.54) is 17.5 Å². The van der Waals surface area contributed by atoms with Gasteiger partial charge in [0.15, 0.2) is 0 Å². The highest BCUT2D eigenvalue weighted by atomic mass is 35.5. The largest absolute Gasteiger partial charge is 0.356 e. The van der Waals surface area contributed by atoms with E-state index in [9.17, 15) is 9.59 Å². The number of hydrogen-bond donors (Lipinski definition) is 2. The summed E-state index contributed by atoms with van der Waals surface area (Å²) in [6, 6.07) is 8.23. The average Bonchev–Trinajstić information content (AvgIpc) is 3.31. The zero-order valence-electron chi connectivity index (χ0n) is 15.0. The van der Waals surface area contributed by atoms with E-state index in [4.69, 9.17) is 5.73 Å². The quantitative estimate of drug-likeness (QED) is 0.772. The van der Waals surface area contributed by atoms with Crippen LogP contribution in [0.2, 0.25) is 0 Å². The molecule has 4 rings (SSSR count). The zero-order valence-corrected chi connectivity index (χ0v) is 15.8. The molecule has 0 radical (unpaired) electrons. The van der Waals surface area contributed by atoms with Crippen LogP contribution in [0.4, 0.5) is 0 Å². The number of fused-ring (bicyclic) bond motifs is 3. The Bertz CT molecular complexity index is 654. The smallest absolute Gasteiger partial charge is 0.224 e. The van der Waals surface area contributed by atoms with E-state index in [0.29, 0.717) is 44.3 Å². The Labute approximate surface area is 161 Å². The number of hydrogen-bond acceptors (Lipinski definition) is 3. The van der Waals surface area contributed by atoms with Crippen molar-refractivity contribution < 1.29 is 9.59 Å². The molecule has 2 fully saturated rings. The summed E-state index contributed by atoms with van der Waals surface area (Å²) in [5.41, 5.74) is 8.71. The summed E-state index contributed by atoms with van der Waals surface area (Å²) in [5.74, 6) is 1.27. The highest BCUT2D eigenvalue weighted by molar-refractivity contribution is 5.85. The number of halogens is 1. The van der Waals surface area contributed by atoms with Crippen molar-refractivity contribution in [2.45, 2.75) is 51.2 Å². The molecule has 0 saturated heterocycles. The van der Waals surface area contributed by atoms with Gasteiger partial charge in [-0.05, 0) is 48.6 Å². The minimum atomic E-state index is -0.0115. The van der Waals surface area contributed by atoms with Gasteiger partial charge in [0.25, 0.3) is 0 Å². The number of nitrogens with two attached hydrogens (primary N) is 1. The third-order valence-corrected chi connectivity index (χ3v) is 6.34. The van der Waals surface area contributed by atoms with Crippen LogP contribution in [0.3, 0.4) is 0 Å². The molecule has 2 saturated carbocycles. The predicted octanol–water partition coefficient (Wildman–Crippen LogP) is 2.22. The normalized spacial score (nSPS) is 28.6. The Morgan fingerprint density at radius 2 is 1.77 bits per heavy atom. The summed E-state index contributed by atoms with van der Waals surface area (Å²) in [6.45, 7) is 1.98. The van der Waals surface area contributed by atoms with Crippen molar-refractivity contribution in [3.05, 3.63) is 35.4 Å². The van der Waals surface area contributed by atoms with E-state index in [1.54, 1.807) is 0 Å². The number of carbonyl (C=O) groups excluding carboxylic acids is 2. The van der Waals surface area contributed by atoms with Crippen LogP contribution in [-0.2, 0) is 22.7 Å². The van der Waals surface area contributed by atoms with Gasteiger partial charge >= 0.3 is 0 Å². The van der Waals surface area contributed by atoms with Crippen LogP contribution < -0.4 is 11.1 Å². The fourth-order valence-corrected chi connectivity index (χ4v) is 4.96. The lowest BCUT2D eigenvalue weighted by atomic mass is 9.84. The van der Waals surface area contributed by atoms with Crippen molar-refractivity contribution in [1.29, 1.82) is 0 Å². The Hall–Kier alpha value is -1.59.